The molecule has 0 aromatic carbocycles. The van der Waals surface area contributed by atoms with Gasteiger partial charge < -0.3 is 5.11 Å². The van der Waals surface area contributed by atoms with Gasteiger partial charge in [-0.15, -0.1) is 11.8 Å². The minimum atomic E-state index is -0.682. The third-order valence-electron chi connectivity index (χ3n) is 0.898. The summed E-state index contributed by atoms with van der Waals surface area (Å²) in [4.78, 5) is 0. The highest BCUT2D eigenvalue weighted by Crippen LogP contribution is 2.24. The summed E-state index contributed by atoms with van der Waals surface area (Å²) in [5.41, 5.74) is -0.682. The van der Waals surface area contributed by atoms with E-state index < -0.39 is 5.60 Å². The molecule has 0 aliphatic carbocycles. The summed E-state index contributed by atoms with van der Waals surface area (Å²) >= 11 is 1.72. The number of hydrogen-bond donors (Lipinski definition) is 1. The molecule has 0 fully saturated rings. The van der Waals surface area contributed by atoms with Gasteiger partial charge in [-0.2, -0.15) is 0 Å². The first-order valence-corrected chi connectivity index (χ1v) is 4.67. The first-order valence-electron chi connectivity index (χ1n) is 3.79. The average Bonchev–Trinajstić information content (AvgIpc) is 1.55. The molecule has 66 valence electrons. The van der Waals surface area contributed by atoms with Crippen LogP contribution in [0.25, 0.3) is 0 Å². The number of rotatable bonds is 2. The van der Waals surface area contributed by atoms with Crippen LogP contribution in [0, 0.1) is 0 Å². The Balaban J connectivity index is 3.80. The maximum atomic E-state index is 9.31. The van der Waals surface area contributed by atoms with Gasteiger partial charge in [0.2, 0.25) is 0 Å². The van der Waals surface area contributed by atoms with Crippen LogP contribution in [0.15, 0.2) is 11.5 Å². The van der Waals surface area contributed by atoms with E-state index in [1.54, 1.807) is 25.6 Å². The Hall–Kier alpha value is 0.0500. The van der Waals surface area contributed by atoms with Crippen LogP contribution < -0.4 is 0 Å². The topological polar surface area (TPSA) is 20.2 Å². The van der Waals surface area contributed by atoms with Crippen LogP contribution >= 0.6 is 11.8 Å². The Morgan fingerprint density at radius 1 is 1.09 bits per heavy atom. The lowest BCUT2D eigenvalue weighted by atomic mass is 10.1. The lowest BCUT2D eigenvalue weighted by Crippen LogP contribution is -2.14. The van der Waals surface area contributed by atoms with Crippen molar-refractivity contribution < 1.29 is 5.11 Å². The second-order valence-corrected chi connectivity index (χ2v) is 5.92. The van der Waals surface area contributed by atoms with Crippen molar-refractivity contribution in [2.45, 2.75) is 45.0 Å². The maximum Gasteiger partial charge on any atom is 0.0779 e. The molecule has 0 saturated heterocycles. The van der Waals surface area contributed by atoms with Crippen molar-refractivity contribution in [2.75, 3.05) is 0 Å². The predicted octanol–water partition coefficient (Wildman–Crippen LogP) is 2.80. The Morgan fingerprint density at radius 2 is 1.55 bits per heavy atom. The first kappa shape index (κ1) is 11.1. The van der Waals surface area contributed by atoms with Gasteiger partial charge in [0.05, 0.1) is 5.60 Å². The molecule has 0 unspecified atom stereocenters. The Labute approximate surface area is 73.9 Å². The third kappa shape index (κ3) is 10.1. The van der Waals surface area contributed by atoms with Crippen LogP contribution in [0.2, 0.25) is 0 Å². The molecule has 2 heteroatoms. The summed E-state index contributed by atoms with van der Waals surface area (Å²) in [6, 6.07) is 0. The zero-order chi connectivity index (χ0) is 9.12. The molecule has 0 heterocycles. The van der Waals surface area contributed by atoms with Crippen LogP contribution in [-0.4, -0.2) is 15.5 Å². The van der Waals surface area contributed by atoms with Crippen molar-refractivity contribution in [2.24, 2.45) is 0 Å². The molecule has 0 rings (SSSR count). The smallest absolute Gasteiger partial charge is 0.0779 e. The zero-order valence-corrected chi connectivity index (χ0v) is 8.83. The molecule has 1 nitrogen and oxygen atoms in total. The SMILES string of the molecule is CC(C)(O)/C=C\SC(C)(C)C. The first-order chi connectivity index (χ1) is 4.71. The second kappa shape index (κ2) is 3.63. The molecular weight excluding hydrogens is 156 g/mol. The summed E-state index contributed by atoms with van der Waals surface area (Å²) in [5.74, 6) is 0. The molecule has 0 atom stereocenters. The number of thioether (sulfide) groups is 1. The molecule has 0 radical (unpaired) electrons. The lowest BCUT2D eigenvalue weighted by molar-refractivity contribution is 0.133. The van der Waals surface area contributed by atoms with Crippen molar-refractivity contribution in [1.82, 2.24) is 0 Å². The van der Waals surface area contributed by atoms with Gasteiger partial charge in [-0.3, -0.25) is 0 Å². The van der Waals surface area contributed by atoms with Crippen LogP contribution in [0.3, 0.4) is 0 Å². The van der Waals surface area contributed by atoms with Gasteiger partial charge >= 0.3 is 0 Å². The number of aliphatic hydroxyl groups is 1. The fourth-order valence-electron chi connectivity index (χ4n) is 0.405. The Bertz CT molecular complexity index is 137. The molecule has 0 aromatic heterocycles. The van der Waals surface area contributed by atoms with Gasteiger partial charge in [0.15, 0.2) is 0 Å². The highest BCUT2D eigenvalue weighted by atomic mass is 32.2. The van der Waals surface area contributed by atoms with Crippen LogP contribution in [-0.2, 0) is 0 Å². The van der Waals surface area contributed by atoms with Crippen molar-refractivity contribution in [3.8, 4) is 0 Å². The normalized spacial score (nSPS) is 14.4. The minimum Gasteiger partial charge on any atom is -0.386 e. The molecular formula is C9H18OS. The van der Waals surface area contributed by atoms with Gasteiger partial charge in [-0.05, 0) is 25.3 Å². The van der Waals surface area contributed by atoms with Crippen LogP contribution in [0.1, 0.15) is 34.6 Å². The van der Waals surface area contributed by atoms with Gasteiger partial charge in [0.25, 0.3) is 0 Å². The van der Waals surface area contributed by atoms with Crippen molar-refractivity contribution in [3.05, 3.63) is 11.5 Å². The monoisotopic (exact) mass is 174 g/mol. The Kier molecular flexibility index (Phi) is 3.65. The molecule has 1 N–H and O–H groups in total. The fraction of sp³-hybridized carbons (Fsp3) is 0.778. The molecule has 0 bridgehead atoms. The van der Waals surface area contributed by atoms with Crippen molar-refractivity contribution in [3.63, 3.8) is 0 Å². The summed E-state index contributed by atoms with van der Waals surface area (Å²) in [5, 5.41) is 11.3. The van der Waals surface area contributed by atoms with Crippen LogP contribution in [0.4, 0.5) is 0 Å². The largest absolute Gasteiger partial charge is 0.386 e. The quantitative estimate of drug-likeness (QED) is 0.694. The van der Waals surface area contributed by atoms with E-state index in [1.807, 2.05) is 11.5 Å². The summed E-state index contributed by atoms with van der Waals surface area (Å²) < 4.78 is 0.238. The van der Waals surface area contributed by atoms with E-state index in [0.717, 1.165) is 0 Å². The molecule has 0 amide bonds. The fourth-order valence-corrected chi connectivity index (χ4v) is 1.21. The number of hydrogen-bond acceptors (Lipinski definition) is 2. The Morgan fingerprint density at radius 3 is 1.82 bits per heavy atom. The predicted molar refractivity (Wildman–Crippen MR) is 52.8 cm³/mol. The van der Waals surface area contributed by atoms with Gasteiger partial charge in [0.1, 0.15) is 0 Å². The minimum absolute atomic E-state index is 0.238. The molecule has 0 aromatic rings. The molecule has 11 heavy (non-hydrogen) atoms. The van der Waals surface area contributed by atoms with Gasteiger partial charge in [0, 0.05) is 4.75 Å². The zero-order valence-electron chi connectivity index (χ0n) is 8.01. The van der Waals surface area contributed by atoms with Gasteiger partial charge in [-0.25, -0.2) is 0 Å². The van der Waals surface area contributed by atoms with E-state index in [-0.39, 0.29) is 4.75 Å². The van der Waals surface area contributed by atoms with Crippen molar-refractivity contribution in [1.29, 1.82) is 0 Å². The van der Waals surface area contributed by atoms with E-state index >= 15 is 0 Å². The van der Waals surface area contributed by atoms with E-state index in [9.17, 15) is 5.11 Å². The third-order valence-corrected chi connectivity index (χ3v) is 1.88. The molecule has 0 saturated carbocycles. The van der Waals surface area contributed by atoms with E-state index in [4.69, 9.17) is 0 Å². The maximum absolute atomic E-state index is 9.31. The summed E-state index contributed by atoms with van der Waals surface area (Å²) in [6.45, 7) is 9.98. The van der Waals surface area contributed by atoms with Gasteiger partial charge in [-0.1, -0.05) is 20.8 Å². The molecule has 0 aliphatic heterocycles. The lowest BCUT2D eigenvalue weighted by Gasteiger charge is -2.16. The standard InChI is InChI=1S/C9H18OS/c1-8(2,3)11-7-6-9(4,5)10/h6-7,10H,1-5H3/b7-6-. The summed E-state index contributed by atoms with van der Waals surface area (Å²) in [6.07, 6.45) is 1.81. The van der Waals surface area contributed by atoms with E-state index in [2.05, 4.69) is 20.8 Å². The summed E-state index contributed by atoms with van der Waals surface area (Å²) in [7, 11) is 0. The van der Waals surface area contributed by atoms with Crippen molar-refractivity contribution >= 4 is 11.8 Å². The van der Waals surface area contributed by atoms with Crippen LogP contribution in [0.5, 0.6) is 0 Å². The second-order valence-electron chi connectivity index (χ2n) is 4.19. The highest BCUT2D eigenvalue weighted by Gasteiger charge is 2.10. The highest BCUT2D eigenvalue weighted by molar-refractivity contribution is 8.03. The van der Waals surface area contributed by atoms with E-state index in [0.29, 0.717) is 0 Å². The average molecular weight is 174 g/mol. The molecule has 0 spiro atoms. The molecule has 0 aliphatic rings. The van der Waals surface area contributed by atoms with E-state index in [1.165, 1.54) is 0 Å².